The second-order valence-corrected chi connectivity index (χ2v) is 6.88. The smallest absolute Gasteiger partial charge is 0.0181 e. The number of hydrogen-bond acceptors (Lipinski definition) is 0. The Morgan fingerprint density at radius 3 is 1.68 bits per heavy atom. The van der Waals surface area contributed by atoms with Gasteiger partial charge in [-0.15, -0.1) is 0 Å². The molecular formula is C24H16Br. The van der Waals surface area contributed by atoms with Gasteiger partial charge in [0.25, 0.3) is 0 Å². The lowest BCUT2D eigenvalue weighted by molar-refractivity contribution is 1.56. The molecule has 1 heteroatoms. The van der Waals surface area contributed by atoms with E-state index in [0.717, 1.165) is 4.47 Å². The lowest BCUT2D eigenvalue weighted by Crippen LogP contribution is -1.83. The van der Waals surface area contributed by atoms with Gasteiger partial charge in [-0.2, -0.15) is 0 Å². The lowest BCUT2D eigenvalue weighted by atomic mass is 9.96. The maximum Gasteiger partial charge on any atom is 0.0181 e. The third-order valence-corrected chi connectivity index (χ3v) is 4.74. The first-order valence-corrected chi connectivity index (χ1v) is 9.02. The first-order chi connectivity index (χ1) is 12.3. The van der Waals surface area contributed by atoms with Crippen molar-refractivity contribution in [2.45, 2.75) is 0 Å². The summed E-state index contributed by atoms with van der Waals surface area (Å²) in [5.74, 6) is 0. The molecule has 0 fully saturated rings. The molecule has 4 rings (SSSR count). The van der Waals surface area contributed by atoms with Crippen molar-refractivity contribution < 1.29 is 0 Å². The summed E-state index contributed by atoms with van der Waals surface area (Å²) in [5, 5.41) is 0. The molecule has 0 heterocycles. The van der Waals surface area contributed by atoms with Gasteiger partial charge in [-0.3, -0.25) is 0 Å². The van der Waals surface area contributed by atoms with Gasteiger partial charge in [0.2, 0.25) is 0 Å². The fourth-order valence-electron chi connectivity index (χ4n) is 2.98. The molecule has 0 aliphatic rings. The highest BCUT2D eigenvalue weighted by atomic mass is 79.9. The molecule has 0 aliphatic heterocycles. The first kappa shape index (κ1) is 15.9. The van der Waals surface area contributed by atoms with Crippen molar-refractivity contribution in [3.8, 4) is 33.4 Å². The van der Waals surface area contributed by atoms with Crippen LogP contribution in [0.4, 0.5) is 0 Å². The molecule has 0 spiro atoms. The standard InChI is InChI=1S/C24H16Br/c25-24-14-6-13-23(17-24)22-12-5-11-21(16-22)20-10-4-9-19(15-20)18-7-2-1-3-8-18/h1-4,6-17H. The fourth-order valence-corrected chi connectivity index (χ4v) is 3.38. The molecule has 25 heavy (non-hydrogen) atoms. The third-order valence-electron chi connectivity index (χ3n) is 4.25. The number of rotatable bonds is 3. The van der Waals surface area contributed by atoms with Gasteiger partial charge >= 0.3 is 0 Å². The van der Waals surface area contributed by atoms with Crippen molar-refractivity contribution >= 4 is 15.9 Å². The van der Waals surface area contributed by atoms with E-state index in [-0.39, 0.29) is 0 Å². The van der Waals surface area contributed by atoms with Crippen LogP contribution in [0.3, 0.4) is 0 Å². The SMILES string of the molecule is Brc1cccc(-c2c[c]cc(-c3cccc(-c4ccccc4)c3)c2)c1. The molecule has 0 amide bonds. The predicted octanol–water partition coefficient (Wildman–Crippen LogP) is 7.25. The Labute approximate surface area is 156 Å². The highest BCUT2D eigenvalue weighted by molar-refractivity contribution is 9.10. The van der Waals surface area contributed by atoms with Crippen molar-refractivity contribution in [2.75, 3.05) is 0 Å². The van der Waals surface area contributed by atoms with Crippen LogP contribution in [0.2, 0.25) is 0 Å². The fraction of sp³-hybridized carbons (Fsp3) is 0. The van der Waals surface area contributed by atoms with E-state index in [1.807, 2.05) is 24.3 Å². The van der Waals surface area contributed by atoms with Gasteiger partial charge in [-0.1, -0.05) is 76.6 Å². The van der Waals surface area contributed by atoms with E-state index in [9.17, 15) is 0 Å². The Morgan fingerprint density at radius 2 is 1.00 bits per heavy atom. The predicted molar refractivity (Wildman–Crippen MR) is 109 cm³/mol. The summed E-state index contributed by atoms with van der Waals surface area (Å²) in [6.07, 6.45) is 0. The molecule has 0 N–H and O–H groups in total. The van der Waals surface area contributed by atoms with Crippen molar-refractivity contribution in [3.05, 3.63) is 108 Å². The largest absolute Gasteiger partial charge is 0.0622 e. The summed E-state index contributed by atoms with van der Waals surface area (Å²) in [6, 6.07) is 37.1. The quantitative estimate of drug-likeness (QED) is 0.349. The van der Waals surface area contributed by atoms with Crippen LogP contribution in [0.1, 0.15) is 0 Å². The zero-order valence-electron chi connectivity index (χ0n) is 13.6. The summed E-state index contributed by atoms with van der Waals surface area (Å²) in [4.78, 5) is 0. The summed E-state index contributed by atoms with van der Waals surface area (Å²) in [6.45, 7) is 0. The molecule has 4 aromatic rings. The van der Waals surface area contributed by atoms with Gasteiger partial charge in [0.05, 0.1) is 0 Å². The Morgan fingerprint density at radius 1 is 0.480 bits per heavy atom. The Hall–Kier alpha value is -2.64. The van der Waals surface area contributed by atoms with Crippen molar-refractivity contribution in [2.24, 2.45) is 0 Å². The minimum absolute atomic E-state index is 1.08. The van der Waals surface area contributed by atoms with Crippen molar-refractivity contribution in [3.63, 3.8) is 0 Å². The van der Waals surface area contributed by atoms with Crippen LogP contribution >= 0.6 is 15.9 Å². The molecule has 0 nitrogen and oxygen atoms in total. The molecule has 0 aliphatic carbocycles. The van der Waals surface area contributed by atoms with Crippen molar-refractivity contribution in [1.82, 2.24) is 0 Å². The molecule has 1 radical (unpaired) electrons. The number of hydrogen-bond donors (Lipinski definition) is 0. The second kappa shape index (κ2) is 7.08. The Bertz CT molecular complexity index is 1000. The van der Waals surface area contributed by atoms with Crippen LogP contribution in [-0.4, -0.2) is 0 Å². The first-order valence-electron chi connectivity index (χ1n) is 8.22. The summed E-state index contributed by atoms with van der Waals surface area (Å²) in [7, 11) is 0. The van der Waals surface area contributed by atoms with Crippen molar-refractivity contribution in [1.29, 1.82) is 0 Å². The zero-order valence-corrected chi connectivity index (χ0v) is 15.2. The lowest BCUT2D eigenvalue weighted by Gasteiger charge is -2.08. The maximum atomic E-state index is 3.55. The van der Waals surface area contributed by atoms with Crippen LogP contribution in [-0.2, 0) is 0 Å². The molecule has 4 aromatic carbocycles. The van der Waals surface area contributed by atoms with E-state index >= 15 is 0 Å². The normalized spacial score (nSPS) is 10.6. The zero-order chi connectivity index (χ0) is 17.1. The van der Waals surface area contributed by atoms with Gasteiger partial charge in [0.1, 0.15) is 0 Å². The van der Waals surface area contributed by atoms with Gasteiger partial charge in [-0.25, -0.2) is 0 Å². The number of halogens is 1. The summed E-state index contributed by atoms with van der Waals surface area (Å²) >= 11 is 3.55. The average molecular weight is 384 g/mol. The second-order valence-electron chi connectivity index (χ2n) is 5.97. The minimum Gasteiger partial charge on any atom is -0.0622 e. The van der Waals surface area contributed by atoms with Gasteiger partial charge < -0.3 is 0 Å². The Kier molecular flexibility index (Phi) is 4.49. The van der Waals surface area contributed by atoms with E-state index < -0.39 is 0 Å². The minimum atomic E-state index is 1.08. The molecule has 0 aromatic heterocycles. The summed E-state index contributed by atoms with van der Waals surface area (Å²) < 4.78 is 1.08. The van der Waals surface area contributed by atoms with Crippen LogP contribution in [0.15, 0.2) is 102 Å². The molecule has 0 atom stereocenters. The van der Waals surface area contributed by atoms with Crippen LogP contribution in [0, 0.1) is 6.07 Å². The average Bonchev–Trinajstić information content (AvgIpc) is 2.69. The highest BCUT2D eigenvalue weighted by Crippen LogP contribution is 2.30. The third kappa shape index (κ3) is 3.57. The van der Waals surface area contributed by atoms with E-state index in [1.54, 1.807) is 0 Å². The monoisotopic (exact) mass is 383 g/mol. The van der Waals surface area contributed by atoms with Crippen LogP contribution in [0.25, 0.3) is 33.4 Å². The molecule has 0 unspecified atom stereocenters. The van der Waals surface area contributed by atoms with Gasteiger partial charge in [0.15, 0.2) is 0 Å². The van der Waals surface area contributed by atoms with E-state index in [1.165, 1.54) is 33.4 Å². The van der Waals surface area contributed by atoms with E-state index in [0.29, 0.717) is 0 Å². The maximum absolute atomic E-state index is 3.55. The molecule has 0 saturated heterocycles. The van der Waals surface area contributed by atoms with Crippen LogP contribution < -0.4 is 0 Å². The van der Waals surface area contributed by atoms with Crippen LogP contribution in [0.5, 0.6) is 0 Å². The van der Waals surface area contributed by atoms with Gasteiger partial charge in [0, 0.05) is 4.47 Å². The molecular weight excluding hydrogens is 368 g/mol. The van der Waals surface area contributed by atoms with E-state index in [4.69, 9.17) is 0 Å². The Balaban J connectivity index is 1.75. The topological polar surface area (TPSA) is 0 Å². The molecule has 0 saturated carbocycles. The van der Waals surface area contributed by atoms with E-state index in [2.05, 4.69) is 94.8 Å². The molecule has 119 valence electrons. The molecule has 0 bridgehead atoms. The summed E-state index contributed by atoms with van der Waals surface area (Å²) in [5.41, 5.74) is 7.20. The highest BCUT2D eigenvalue weighted by Gasteiger charge is 2.04. The number of benzene rings is 4. The van der Waals surface area contributed by atoms with Gasteiger partial charge in [-0.05, 0) is 75.8 Å².